The molecule has 5 heteroatoms. The van der Waals surface area contributed by atoms with Crippen molar-refractivity contribution in [2.45, 2.75) is 6.42 Å². The Bertz CT molecular complexity index is 320. The van der Waals surface area contributed by atoms with Gasteiger partial charge in [0.2, 0.25) is 0 Å². The van der Waals surface area contributed by atoms with E-state index in [0.717, 1.165) is 39.1 Å². The van der Waals surface area contributed by atoms with Gasteiger partial charge in [-0.1, -0.05) is 6.07 Å². The first-order chi connectivity index (χ1) is 7.86. The largest absolute Gasteiger partial charge is 0.338 e. The lowest BCUT2D eigenvalue weighted by Gasteiger charge is -2.27. The maximum absolute atomic E-state index is 11.7. The average molecular weight is 239 g/mol. The monoisotopic (exact) mass is 239 g/mol. The highest BCUT2D eigenvalue weighted by Gasteiger charge is 2.14. The van der Waals surface area contributed by atoms with Crippen LogP contribution in [0.2, 0.25) is 0 Å². The topological polar surface area (TPSA) is 44.4 Å². The van der Waals surface area contributed by atoms with Crippen molar-refractivity contribution < 1.29 is 4.79 Å². The number of piperazine rings is 1. The molecular weight excluding hydrogens is 222 g/mol. The Hall–Kier alpha value is -1.07. The summed E-state index contributed by atoms with van der Waals surface area (Å²) < 4.78 is 0. The second-order valence-corrected chi connectivity index (χ2v) is 4.83. The third kappa shape index (κ3) is 3.21. The fourth-order valence-electron chi connectivity index (χ4n) is 1.73. The standard InChI is InChI=1S/C11H17N3OS/c15-11(14-7-5-12-6-8-14)13-4-3-10-2-1-9-16-10/h1-2,9,12H,3-8H2,(H,13,15). The van der Waals surface area contributed by atoms with Gasteiger partial charge in [0.15, 0.2) is 0 Å². The SMILES string of the molecule is O=C(NCCc1cccs1)N1CCNCC1. The second kappa shape index (κ2) is 5.86. The molecular formula is C11H17N3OS. The minimum atomic E-state index is 0.0676. The van der Waals surface area contributed by atoms with Gasteiger partial charge in [0.05, 0.1) is 0 Å². The van der Waals surface area contributed by atoms with Crippen molar-refractivity contribution in [1.29, 1.82) is 0 Å². The van der Waals surface area contributed by atoms with Crippen LogP contribution < -0.4 is 10.6 Å². The number of rotatable bonds is 3. The third-order valence-corrected chi connectivity index (χ3v) is 3.57. The van der Waals surface area contributed by atoms with Crippen LogP contribution in [0.3, 0.4) is 0 Å². The van der Waals surface area contributed by atoms with Gasteiger partial charge in [-0.2, -0.15) is 0 Å². The molecule has 0 atom stereocenters. The molecule has 0 unspecified atom stereocenters. The zero-order valence-corrected chi connectivity index (χ0v) is 10.1. The van der Waals surface area contributed by atoms with E-state index in [1.165, 1.54) is 4.88 Å². The lowest BCUT2D eigenvalue weighted by atomic mass is 10.3. The van der Waals surface area contributed by atoms with Crippen molar-refractivity contribution in [2.75, 3.05) is 32.7 Å². The Labute approximate surface area is 99.6 Å². The molecule has 88 valence electrons. The summed E-state index contributed by atoms with van der Waals surface area (Å²) in [6, 6.07) is 4.21. The number of thiophene rings is 1. The van der Waals surface area contributed by atoms with Crippen molar-refractivity contribution in [3.63, 3.8) is 0 Å². The number of hydrogen-bond donors (Lipinski definition) is 2. The van der Waals surface area contributed by atoms with E-state index in [1.54, 1.807) is 11.3 Å². The van der Waals surface area contributed by atoms with Gasteiger partial charge in [0.25, 0.3) is 0 Å². The van der Waals surface area contributed by atoms with Gasteiger partial charge in [-0.25, -0.2) is 4.79 Å². The van der Waals surface area contributed by atoms with Gasteiger partial charge in [-0.3, -0.25) is 0 Å². The summed E-state index contributed by atoms with van der Waals surface area (Å²) in [6.45, 7) is 4.15. The van der Waals surface area contributed by atoms with Crippen LogP contribution in [0.4, 0.5) is 4.79 Å². The molecule has 1 aromatic heterocycles. The summed E-state index contributed by atoms with van der Waals surface area (Å²) in [6.07, 6.45) is 0.926. The van der Waals surface area contributed by atoms with Crippen LogP contribution in [-0.4, -0.2) is 43.7 Å². The van der Waals surface area contributed by atoms with Crippen LogP contribution in [0.5, 0.6) is 0 Å². The Morgan fingerprint density at radius 2 is 2.31 bits per heavy atom. The van der Waals surface area contributed by atoms with Crippen molar-refractivity contribution in [3.05, 3.63) is 22.4 Å². The number of nitrogens with one attached hydrogen (secondary N) is 2. The molecule has 0 saturated carbocycles. The number of nitrogens with zero attached hydrogens (tertiary/aromatic N) is 1. The molecule has 2 rings (SSSR count). The second-order valence-electron chi connectivity index (χ2n) is 3.80. The molecule has 0 spiro atoms. The molecule has 0 radical (unpaired) electrons. The molecule has 1 aliphatic heterocycles. The molecule has 1 aliphatic rings. The fraction of sp³-hybridized carbons (Fsp3) is 0.545. The fourth-order valence-corrected chi connectivity index (χ4v) is 2.44. The van der Waals surface area contributed by atoms with Gasteiger partial charge < -0.3 is 15.5 Å². The minimum Gasteiger partial charge on any atom is -0.338 e. The molecule has 0 aliphatic carbocycles. The number of amides is 2. The van der Waals surface area contributed by atoms with Gasteiger partial charge in [0.1, 0.15) is 0 Å². The Balaban J connectivity index is 1.67. The Kier molecular flexibility index (Phi) is 4.18. The van der Waals surface area contributed by atoms with Gasteiger partial charge in [-0.15, -0.1) is 11.3 Å². The molecule has 2 amide bonds. The van der Waals surface area contributed by atoms with Gasteiger partial charge in [-0.05, 0) is 17.9 Å². The van der Waals surface area contributed by atoms with Crippen LogP contribution in [-0.2, 0) is 6.42 Å². The Morgan fingerprint density at radius 3 is 3.00 bits per heavy atom. The first kappa shape index (κ1) is 11.4. The van der Waals surface area contributed by atoms with E-state index in [1.807, 2.05) is 11.0 Å². The molecule has 16 heavy (non-hydrogen) atoms. The maximum Gasteiger partial charge on any atom is 0.317 e. The quantitative estimate of drug-likeness (QED) is 0.823. The highest BCUT2D eigenvalue weighted by Crippen LogP contribution is 2.08. The van der Waals surface area contributed by atoms with Crippen molar-refractivity contribution in [2.24, 2.45) is 0 Å². The highest BCUT2D eigenvalue weighted by molar-refractivity contribution is 7.09. The average Bonchev–Trinajstić information content (AvgIpc) is 2.83. The lowest BCUT2D eigenvalue weighted by Crippen LogP contribution is -2.50. The number of hydrogen-bond acceptors (Lipinski definition) is 3. The molecule has 2 N–H and O–H groups in total. The van der Waals surface area contributed by atoms with E-state index in [9.17, 15) is 4.79 Å². The van der Waals surface area contributed by atoms with E-state index >= 15 is 0 Å². The van der Waals surface area contributed by atoms with Crippen LogP contribution in [0.25, 0.3) is 0 Å². The summed E-state index contributed by atoms with van der Waals surface area (Å²) in [5.74, 6) is 0. The highest BCUT2D eigenvalue weighted by atomic mass is 32.1. The summed E-state index contributed by atoms with van der Waals surface area (Å²) in [5.41, 5.74) is 0. The number of urea groups is 1. The summed E-state index contributed by atoms with van der Waals surface area (Å²) in [4.78, 5) is 14.9. The summed E-state index contributed by atoms with van der Waals surface area (Å²) in [5, 5.41) is 8.25. The van der Waals surface area contributed by atoms with Crippen molar-refractivity contribution >= 4 is 17.4 Å². The molecule has 0 aromatic carbocycles. The Morgan fingerprint density at radius 1 is 1.50 bits per heavy atom. The number of carbonyl (C=O) groups excluding carboxylic acids is 1. The maximum atomic E-state index is 11.7. The van der Waals surface area contributed by atoms with Crippen molar-refractivity contribution in [1.82, 2.24) is 15.5 Å². The van der Waals surface area contributed by atoms with E-state index in [0.29, 0.717) is 0 Å². The van der Waals surface area contributed by atoms with Crippen LogP contribution in [0.1, 0.15) is 4.88 Å². The van der Waals surface area contributed by atoms with Crippen molar-refractivity contribution in [3.8, 4) is 0 Å². The van der Waals surface area contributed by atoms with Gasteiger partial charge >= 0.3 is 6.03 Å². The third-order valence-electron chi connectivity index (χ3n) is 2.63. The zero-order valence-electron chi connectivity index (χ0n) is 9.24. The smallest absolute Gasteiger partial charge is 0.317 e. The lowest BCUT2D eigenvalue weighted by molar-refractivity contribution is 0.190. The van der Waals surface area contributed by atoms with E-state index in [4.69, 9.17) is 0 Å². The van der Waals surface area contributed by atoms with E-state index in [2.05, 4.69) is 22.1 Å². The molecule has 0 bridgehead atoms. The summed E-state index contributed by atoms with van der Waals surface area (Å²) in [7, 11) is 0. The molecule has 1 saturated heterocycles. The van der Waals surface area contributed by atoms with E-state index in [-0.39, 0.29) is 6.03 Å². The summed E-state index contributed by atoms with van der Waals surface area (Å²) >= 11 is 1.74. The minimum absolute atomic E-state index is 0.0676. The molecule has 1 aromatic rings. The van der Waals surface area contributed by atoms with Gasteiger partial charge in [0, 0.05) is 37.6 Å². The number of carbonyl (C=O) groups is 1. The molecule has 4 nitrogen and oxygen atoms in total. The predicted octanol–water partition coefficient (Wildman–Crippen LogP) is 0.905. The zero-order chi connectivity index (χ0) is 11.2. The molecule has 1 fully saturated rings. The first-order valence-electron chi connectivity index (χ1n) is 5.62. The van der Waals surface area contributed by atoms with Crippen LogP contribution in [0, 0.1) is 0 Å². The van der Waals surface area contributed by atoms with E-state index < -0.39 is 0 Å². The normalized spacial score (nSPS) is 16.1. The predicted molar refractivity (Wildman–Crippen MR) is 65.9 cm³/mol. The molecule has 2 heterocycles. The van der Waals surface area contributed by atoms with Crippen LogP contribution >= 0.6 is 11.3 Å². The van der Waals surface area contributed by atoms with Crippen LogP contribution in [0.15, 0.2) is 17.5 Å². The first-order valence-corrected chi connectivity index (χ1v) is 6.50.